The highest BCUT2D eigenvalue weighted by molar-refractivity contribution is 6.31. The summed E-state index contributed by atoms with van der Waals surface area (Å²) in [7, 11) is 0. The highest BCUT2D eigenvalue weighted by Gasteiger charge is 2.60. The molecule has 5 rings (SSSR count). The number of fused-ring (bicyclic) bond motifs is 2. The number of piperidine rings is 1. The van der Waals surface area contributed by atoms with E-state index < -0.39 is 17.2 Å². The molecule has 1 N–H and O–H groups in total. The number of nitrogens with zero attached hydrogens (tertiary/aromatic N) is 3. The molecule has 3 aromatic rings. The van der Waals surface area contributed by atoms with Crippen molar-refractivity contribution >= 4 is 57.9 Å². The summed E-state index contributed by atoms with van der Waals surface area (Å²) in [6, 6.07) is 22.8. The summed E-state index contributed by atoms with van der Waals surface area (Å²) >= 11 is 12.1. The number of amides is 2. The van der Waals surface area contributed by atoms with E-state index in [9.17, 15) is 14.9 Å². The molecule has 0 aromatic heterocycles. The van der Waals surface area contributed by atoms with Gasteiger partial charge < -0.3 is 5.32 Å². The molecule has 2 aliphatic rings. The predicted octanol–water partition coefficient (Wildman–Crippen LogP) is 5.49. The standard InChI is InChI=1S/C25H16Cl2N4O2/c26-15-5-9-17(10-6-15)29-22-13-25(19-3-1-2-4-21(19)30-24(25)33)20(14-28)23(32)31(22)18-11-7-16(27)8-12-18/h1-12,20H,13H2,(H,30,33). The summed E-state index contributed by atoms with van der Waals surface area (Å²) in [6.07, 6.45) is 0.0606. The molecular weight excluding hydrogens is 459 g/mol. The van der Waals surface area contributed by atoms with Crippen molar-refractivity contribution < 1.29 is 9.59 Å². The topological polar surface area (TPSA) is 85.6 Å². The molecule has 8 heteroatoms. The third-order valence-corrected chi connectivity index (χ3v) is 6.52. The lowest BCUT2D eigenvalue weighted by atomic mass is 9.66. The van der Waals surface area contributed by atoms with Crippen LogP contribution in [0.15, 0.2) is 77.8 Å². The van der Waals surface area contributed by atoms with Crippen LogP contribution in [-0.2, 0) is 15.0 Å². The Bertz CT molecular complexity index is 1350. The molecule has 0 bridgehead atoms. The Morgan fingerprint density at radius 3 is 2.27 bits per heavy atom. The predicted molar refractivity (Wildman–Crippen MR) is 128 cm³/mol. The Morgan fingerprint density at radius 2 is 1.61 bits per heavy atom. The summed E-state index contributed by atoms with van der Waals surface area (Å²) < 4.78 is 0. The largest absolute Gasteiger partial charge is 0.325 e. The van der Waals surface area contributed by atoms with E-state index >= 15 is 0 Å². The second kappa shape index (κ2) is 8.04. The zero-order valence-electron chi connectivity index (χ0n) is 17.1. The Morgan fingerprint density at radius 1 is 0.970 bits per heavy atom. The van der Waals surface area contributed by atoms with Gasteiger partial charge in [0.15, 0.2) is 0 Å². The van der Waals surface area contributed by atoms with Gasteiger partial charge in [0.25, 0.3) is 5.91 Å². The van der Waals surface area contributed by atoms with Crippen LogP contribution in [0.25, 0.3) is 0 Å². The highest BCUT2D eigenvalue weighted by atomic mass is 35.5. The van der Waals surface area contributed by atoms with E-state index in [1.165, 1.54) is 4.90 Å². The van der Waals surface area contributed by atoms with Crippen molar-refractivity contribution in [3.8, 4) is 6.07 Å². The smallest absolute Gasteiger partial charge is 0.251 e. The number of para-hydroxylation sites is 1. The van der Waals surface area contributed by atoms with Gasteiger partial charge in [0.2, 0.25) is 5.91 Å². The fourth-order valence-corrected chi connectivity index (χ4v) is 4.73. The third kappa shape index (κ3) is 3.37. The summed E-state index contributed by atoms with van der Waals surface area (Å²) in [5.74, 6) is -1.79. The van der Waals surface area contributed by atoms with E-state index in [1.54, 1.807) is 72.8 Å². The number of anilines is 2. The number of amidine groups is 1. The maximum Gasteiger partial charge on any atom is 0.251 e. The van der Waals surface area contributed by atoms with E-state index in [4.69, 9.17) is 28.2 Å². The summed E-state index contributed by atoms with van der Waals surface area (Å²) in [6.45, 7) is 0. The average Bonchev–Trinajstić information content (AvgIpc) is 3.08. The minimum Gasteiger partial charge on any atom is -0.325 e. The molecule has 0 saturated carbocycles. The summed E-state index contributed by atoms with van der Waals surface area (Å²) in [4.78, 5) is 33.3. The van der Waals surface area contributed by atoms with Gasteiger partial charge in [0.05, 0.1) is 17.4 Å². The second-order valence-electron chi connectivity index (χ2n) is 7.86. The number of carbonyl (C=O) groups is 2. The summed E-state index contributed by atoms with van der Waals surface area (Å²) in [5, 5.41) is 14.0. The highest BCUT2D eigenvalue weighted by Crippen LogP contribution is 2.49. The molecule has 2 aliphatic heterocycles. The lowest BCUT2D eigenvalue weighted by Gasteiger charge is -2.41. The van der Waals surface area contributed by atoms with Crippen molar-refractivity contribution in [2.24, 2.45) is 10.9 Å². The number of aliphatic imine (C=N–C) groups is 1. The van der Waals surface area contributed by atoms with Crippen LogP contribution in [0.5, 0.6) is 0 Å². The van der Waals surface area contributed by atoms with Gasteiger partial charge in [-0.05, 0) is 60.2 Å². The fourth-order valence-electron chi connectivity index (χ4n) is 4.48. The first-order valence-corrected chi connectivity index (χ1v) is 10.9. The molecule has 33 heavy (non-hydrogen) atoms. The van der Waals surface area contributed by atoms with Crippen LogP contribution in [-0.4, -0.2) is 17.6 Å². The molecule has 2 amide bonds. The lowest BCUT2D eigenvalue weighted by molar-refractivity contribution is -0.130. The molecule has 1 spiro atoms. The number of nitriles is 1. The molecule has 0 aliphatic carbocycles. The summed E-state index contributed by atoms with van der Waals surface area (Å²) in [5.41, 5.74) is 0.921. The molecule has 162 valence electrons. The van der Waals surface area contributed by atoms with Crippen LogP contribution in [0.1, 0.15) is 12.0 Å². The zero-order valence-corrected chi connectivity index (χ0v) is 18.6. The van der Waals surface area contributed by atoms with Crippen LogP contribution in [0.2, 0.25) is 10.0 Å². The van der Waals surface area contributed by atoms with Gasteiger partial charge in [-0.2, -0.15) is 5.26 Å². The van der Waals surface area contributed by atoms with E-state index in [0.29, 0.717) is 38.5 Å². The molecule has 3 aromatic carbocycles. The van der Waals surface area contributed by atoms with Crippen molar-refractivity contribution in [3.05, 3.63) is 88.4 Å². The fraction of sp³-hybridized carbons (Fsp3) is 0.120. The second-order valence-corrected chi connectivity index (χ2v) is 8.74. The first-order chi connectivity index (χ1) is 15.9. The molecule has 2 heterocycles. The van der Waals surface area contributed by atoms with Crippen LogP contribution in [0.3, 0.4) is 0 Å². The van der Waals surface area contributed by atoms with Crippen LogP contribution >= 0.6 is 23.2 Å². The molecule has 2 atom stereocenters. The van der Waals surface area contributed by atoms with Gasteiger partial charge in [-0.1, -0.05) is 41.4 Å². The minimum absolute atomic E-state index is 0.0606. The number of nitrogens with one attached hydrogen (secondary N) is 1. The zero-order chi connectivity index (χ0) is 23.2. The van der Waals surface area contributed by atoms with Crippen LogP contribution < -0.4 is 10.2 Å². The Balaban J connectivity index is 1.72. The van der Waals surface area contributed by atoms with E-state index in [0.717, 1.165) is 0 Å². The number of halogens is 2. The van der Waals surface area contributed by atoms with Crippen molar-refractivity contribution in [2.75, 3.05) is 10.2 Å². The van der Waals surface area contributed by atoms with E-state index in [1.807, 2.05) is 0 Å². The quantitative estimate of drug-likeness (QED) is 0.532. The van der Waals surface area contributed by atoms with Crippen molar-refractivity contribution in [3.63, 3.8) is 0 Å². The Hall–Kier alpha value is -3.66. The van der Waals surface area contributed by atoms with E-state index in [2.05, 4.69) is 11.4 Å². The average molecular weight is 475 g/mol. The van der Waals surface area contributed by atoms with Gasteiger partial charge in [-0.25, -0.2) is 4.99 Å². The van der Waals surface area contributed by atoms with Crippen LogP contribution in [0.4, 0.5) is 17.1 Å². The maximum atomic E-state index is 13.8. The monoisotopic (exact) mass is 474 g/mol. The van der Waals surface area contributed by atoms with E-state index in [-0.39, 0.29) is 12.3 Å². The molecule has 6 nitrogen and oxygen atoms in total. The van der Waals surface area contributed by atoms with Gasteiger partial charge in [-0.3, -0.25) is 14.5 Å². The van der Waals surface area contributed by atoms with Crippen molar-refractivity contribution in [2.45, 2.75) is 11.8 Å². The number of carbonyl (C=O) groups excluding carboxylic acids is 2. The van der Waals surface area contributed by atoms with Gasteiger partial charge >= 0.3 is 0 Å². The SMILES string of the molecule is N#CC1C(=O)N(c2ccc(Cl)cc2)C(=Nc2ccc(Cl)cc2)CC12C(=O)Nc1ccccc12. The Kier molecular flexibility index (Phi) is 5.16. The molecule has 2 unspecified atom stereocenters. The number of rotatable bonds is 2. The molecular formula is C25H16Cl2N4O2. The number of hydrogen-bond acceptors (Lipinski definition) is 4. The number of hydrogen-bond donors (Lipinski definition) is 1. The maximum absolute atomic E-state index is 13.8. The third-order valence-electron chi connectivity index (χ3n) is 6.01. The molecule has 0 radical (unpaired) electrons. The van der Waals surface area contributed by atoms with Crippen LogP contribution in [0, 0.1) is 17.2 Å². The molecule has 1 fully saturated rings. The van der Waals surface area contributed by atoms with Gasteiger partial charge in [-0.15, -0.1) is 0 Å². The Labute approximate surface area is 200 Å². The normalized spacial score (nSPS) is 22.9. The van der Waals surface area contributed by atoms with Crippen molar-refractivity contribution in [1.29, 1.82) is 5.26 Å². The first-order valence-electron chi connectivity index (χ1n) is 10.2. The number of benzene rings is 3. The van der Waals surface area contributed by atoms with Gasteiger partial charge in [0.1, 0.15) is 17.2 Å². The minimum atomic E-state index is -1.38. The van der Waals surface area contributed by atoms with Crippen molar-refractivity contribution in [1.82, 2.24) is 0 Å². The lowest BCUT2D eigenvalue weighted by Crippen LogP contribution is -2.58. The van der Waals surface area contributed by atoms with Gasteiger partial charge in [0, 0.05) is 22.2 Å². The molecule has 1 saturated heterocycles. The first kappa shape index (κ1) is 21.2.